The number of fused-ring (bicyclic) bond motifs is 7. The van der Waals surface area contributed by atoms with Crippen LogP contribution in [0.1, 0.15) is 161 Å². The van der Waals surface area contributed by atoms with Crippen molar-refractivity contribution in [2.24, 2.45) is 91.0 Å². The maximum absolute atomic E-state index is 15.2. The van der Waals surface area contributed by atoms with Gasteiger partial charge in [-0.1, -0.05) is 71.4 Å². The molecule has 7 aliphatic carbocycles. The summed E-state index contributed by atoms with van der Waals surface area (Å²) in [6.07, 6.45) is 11.7. The second-order valence-corrected chi connectivity index (χ2v) is 28.3. The Morgan fingerprint density at radius 2 is 1.55 bits per heavy atom. The maximum Gasteiger partial charge on any atom is 0.310 e. The molecule has 0 unspecified atom stereocenters. The number of allylic oxidation sites excluding steroid dienone is 2. The monoisotopic (exact) mass is 1120 g/mol. The van der Waals surface area contributed by atoms with Crippen LogP contribution >= 0.6 is 0 Å². The Hall–Kier alpha value is -3.34. The number of aromatic nitrogens is 4. The normalized spacial score (nSPS) is 46.2. The molecule has 2 aliphatic heterocycles. The standard InChI is InChI=1S/C61H94N6O13/c1-55(29-69)20-21-60(54(77)78)40(24-55)36-13-14-45-57(3,58(36,4)37(41(60)27-68)22-34-25-63-31-65-34)19-16-44-56(2,30-70)51(80-52-50(75)49(74)43(71)28-79-52)48(73)39(61(44,45)33-10-6-5-7-11-33)23-38-47(67-53(76)59(38)17-8-9-18-59)35(12-15-46(62)72)42-26-64-32-66-42/h13,25-26,31-33,35,37-41,43-52,68-75H,5-12,14-24,27-30,62H2,1-4H3,(H,63,65)(H,64,66)(H,67,76)(H,77,78)/t35-,37+,38-,39+,40+,41+,43-,44-,45+,46+,47-,48-,49+,50-,51-,52+,55+,56+,57-,58+,60-,61+/m1/s1. The van der Waals surface area contributed by atoms with E-state index in [0.29, 0.717) is 70.6 Å². The van der Waals surface area contributed by atoms with Crippen molar-refractivity contribution >= 4 is 11.9 Å². The second kappa shape index (κ2) is 21.6. The molecule has 2 saturated heterocycles. The van der Waals surface area contributed by atoms with E-state index < -0.39 is 123 Å². The number of aliphatic carboxylic acids is 1. The number of carboxylic acid groups (broad SMARTS) is 1. The minimum absolute atomic E-state index is 0.0111. The van der Waals surface area contributed by atoms with Crippen LogP contribution in [0, 0.1) is 85.2 Å². The summed E-state index contributed by atoms with van der Waals surface area (Å²) in [6.45, 7) is 7.65. The number of nitrogens with two attached hydrogens (primary N) is 1. The van der Waals surface area contributed by atoms with Gasteiger partial charge in [-0.05, 0) is 153 Å². The fraction of sp³-hybridized carbons (Fsp3) is 0.836. The zero-order chi connectivity index (χ0) is 57.0. The molecule has 1 amide bonds. The molecule has 0 radical (unpaired) electrons. The van der Waals surface area contributed by atoms with E-state index in [1.807, 2.05) is 6.92 Å². The number of rotatable bonds is 16. The lowest BCUT2D eigenvalue weighted by molar-refractivity contribution is -0.351. The first-order valence-electron chi connectivity index (χ1n) is 30.6. The number of aromatic amines is 2. The van der Waals surface area contributed by atoms with Gasteiger partial charge in [0.05, 0.1) is 48.9 Å². The molecule has 11 rings (SSSR count). The van der Waals surface area contributed by atoms with Gasteiger partial charge in [0.25, 0.3) is 0 Å². The Bertz CT molecular complexity index is 2540. The number of ether oxygens (including phenoxy) is 2. The number of nitrogens with one attached hydrogen (secondary N) is 3. The zero-order valence-corrected chi connectivity index (χ0v) is 47.6. The van der Waals surface area contributed by atoms with Gasteiger partial charge in [0.1, 0.15) is 24.5 Å². The van der Waals surface area contributed by atoms with Crippen LogP contribution in [0.4, 0.5) is 0 Å². The van der Waals surface area contributed by atoms with Crippen LogP contribution in [-0.2, 0) is 25.5 Å². The number of aliphatic hydroxyl groups excluding tert-OH is 8. The van der Waals surface area contributed by atoms with Gasteiger partial charge < -0.3 is 76.5 Å². The van der Waals surface area contributed by atoms with Gasteiger partial charge >= 0.3 is 5.97 Å². The van der Waals surface area contributed by atoms with Gasteiger partial charge in [0.15, 0.2) is 6.29 Å². The lowest BCUT2D eigenvalue weighted by atomic mass is 9.27. The molecule has 9 aliphatic rings. The minimum atomic E-state index is -1.67. The van der Waals surface area contributed by atoms with E-state index in [-0.39, 0.29) is 61.7 Å². The van der Waals surface area contributed by atoms with E-state index in [1.165, 1.54) is 0 Å². The molecule has 2 aromatic rings. The second-order valence-electron chi connectivity index (χ2n) is 28.3. The molecule has 80 heavy (non-hydrogen) atoms. The number of carbonyl (C=O) groups excluding carboxylic acids is 1. The van der Waals surface area contributed by atoms with Crippen molar-refractivity contribution in [1.82, 2.24) is 25.3 Å². The summed E-state index contributed by atoms with van der Waals surface area (Å²) in [5, 5.41) is 109. The Labute approximate surface area is 470 Å². The third kappa shape index (κ3) is 8.55. The van der Waals surface area contributed by atoms with Crippen molar-refractivity contribution in [3.63, 3.8) is 0 Å². The first kappa shape index (κ1) is 58.4. The number of carboxylic acids is 1. The third-order valence-corrected chi connectivity index (χ3v) is 25.2. The van der Waals surface area contributed by atoms with Gasteiger partial charge in [0.2, 0.25) is 5.91 Å². The lowest BCUT2D eigenvalue weighted by Crippen LogP contribution is -2.76. The summed E-state index contributed by atoms with van der Waals surface area (Å²) < 4.78 is 13.0. The van der Waals surface area contributed by atoms with Gasteiger partial charge in [-0.2, -0.15) is 0 Å². The summed E-state index contributed by atoms with van der Waals surface area (Å²) in [5.41, 5.74) is 2.74. The van der Waals surface area contributed by atoms with Crippen LogP contribution in [0.2, 0.25) is 0 Å². The highest BCUT2D eigenvalue weighted by Crippen LogP contribution is 2.81. The molecule has 14 N–H and O–H groups in total. The van der Waals surface area contributed by atoms with E-state index in [9.17, 15) is 50.8 Å². The first-order chi connectivity index (χ1) is 38.2. The smallest absolute Gasteiger partial charge is 0.310 e. The fourth-order valence-corrected chi connectivity index (χ4v) is 21.3. The molecule has 446 valence electrons. The molecule has 19 nitrogen and oxygen atoms in total. The third-order valence-electron chi connectivity index (χ3n) is 25.2. The summed E-state index contributed by atoms with van der Waals surface area (Å²) in [6, 6.07) is -0.469. The van der Waals surface area contributed by atoms with E-state index in [0.717, 1.165) is 61.9 Å². The number of amides is 1. The SMILES string of the molecule is C[C@]1(CO)CC[C@@]2(C(=O)O)[C@@H](C1)C1=CC[C@@H]3[C@]4(C5CCCCC5)[C@H](CC[C@@]3(C)[C@]1(C)[C@@H](Cc1cnc[nH]1)[C@@H]2CO)[C@](C)(CO)[C@H](O[C@@H]1OC[C@@H](O)[C@H](O)[C@H]1O)[C@H](O)[C@@H]4C[C@@H]1[C@@H]([C@H](CC[C@@H](N)O)c2cnc[nH]2)NC(=O)C12CCCC2. The van der Waals surface area contributed by atoms with Gasteiger partial charge in [0, 0.05) is 60.3 Å². The average Bonchev–Trinajstić information content (AvgIpc) is 4.46. The largest absolute Gasteiger partial charge is 0.481 e. The topological polar surface area (TPSA) is 330 Å². The Balaban J connectivity index is 1.16. The average molecular weight is 1120 g/mol. The van der Waals surface area contributed by atoms with Crippen LogP contribution in [0.15, 0.2) is 36.7 Å². The van der Waals surface area contributed by atoms with Crippen molar-refractivity contribution in [3.8, 4) is 0 Å². The highest BCUT2D eigenvalue weighted by molar-refractivity contribution is 5.86. The maximum atomic E-state index is 15.2. The predicted octanol–water partition coefficient (Wildman–Crippen LogP) is 4.44. The number of H-pyrrole nitrogens is 2. The number of hydrogen-bond donors (Lipinski definition) is 13. The van der Waals surface area contributed by atoms with Crippen LogP contribution in [-0.4, -0.2) is 153 Å². The molecule has 19 heteroatoms. The molecule has 4 heterocycles. The van der Waals surface area contributed by atoms with E-state index in [2.05, 4.69) is 52.1 Å². The first-order valence-corrected chi connectivity index (χ1v) is 30.6. The molecule has 22 atom stereocenters. The predicted molar refractivity (Wildman–Crippen MR) is 292 cm³/mol. The van der Waals surface area contributed by atoms with Crippen LogP contribution in [0.5, 0.6) is 0 Å². The summed E-state index contributed by atoms with van der Waals surface area (Å²) in [7, 11) is 0. The van der Waals surface area contributed by atoms with Crippen LogP contribution in [0.25, 0.3) is 0 Å². The molecular weight excluding hydrogens is 1020 g/mol. The molecule has 8 fully saturated rings. The van der Waals surface area contributed by atoms with Crippen LogP contribution < -0.4 is 11.1 Å². The molecule has 0 aromatic carbocycles. The highest BCUT2D eigenvalue weighted by atomic mass is 16.7. The number of imidazole rings is 2. The molecule has 6 saturated carbocycles. The minimum Gasteiger partial charge on any atom is -0.481 e. The highest BCUT2D eigenvalue weighted by Gasteiger charge is 2.79. The Kier molecular flexibility index (Phi) is 15.8. The van der Waals surface area contributed by atoms with Gasteiger partial charge in [-0.25, -0.2) is 9.97 Å². The number of nitrogens with zero attached hydrogens (tertiary/aromatic N) is 2. The Morgan fingerprint density at radius 3 is 2.19 bits per heavy atom. The summed E-state index contributed by atoms with van der Waals surface area (Å²) >= 11 is 0. The van der Waals surface area contributed by atoms with Crippen molar-refractivity contribution in [3.05, 3.63) is 48.1 Å². The number of hydrogen-bond acceptors (Lipinski definition) is 15. The van der Waals surface area contributed by atoms with Crippen molar-refractivity contribution < 1.29 is 65.0 Å². The fourth-order valence-electron chi connectivity index (χ4n) is 21.3. The lowest BCUT2D eigenvalue weighted by Gasteiger charge is -2.77. The molecule has 2 aromatic heterocycles. The van der Waals surface area contributed by atoms with Crippen molar-refractivity contribution in [2.45, 2.75) is 205 Å². The quantitative estimate of drug-likeness (QED) is 0.0628. The summed E-state index contributed by atoms with van der Waals surface area (Å²) in [5.74, 6) is -4.39. The molecular formula is C61H94N6O13. The van der Waals surface area contributed by atoms with Crippen molar-refractivity contribution in [2.75, 3.05) is 26.4 Å². The molecule has 1 spiro atoms. The number of aliphatic hydroxyl groups is 8. The molecule has 0 bridgehead atoms. The van der Waals surface area contributed by atoms with E-state index >= 15 is 4.79 Å². The van der Waals surface area contributed by atoms with E-state index in [4.69, 9.17) is 15.2 Å². The van der Waals surface area contributed by atoms with E-state index in [1.54, 1.807) is 25.0 Å². The Morgan fingerprint density at radius 1 is 0.825 bits per heavy atom. The number of carbonyl (C=O) groups is 2. The zero-order valence-electron chi connectivity index (χ0n) is 47.6. The summed E-state index contributed by atoms with van der Waals surface area (Å²) in [4.78, 5) is 45.3. The van der Waals surface area contributed by atoms with Crippen LogP contribution in [0.3, 0.4) is 0 Å². The van der Waals surface area contributed by atoms with Crippen molar-refractivity contribution in [1.29, 1.82) is 0 Å². The van der Waals surface area contributed by atoms with Gasteiger partial charge in [-0.3, -0.25) is 9.59 Å². The van der Waals surface area contributed by atoms with Gasteiger partial charge in [-0.15, -0.1) is 0 Å².